The van der Waals surface area contributed by atoms with Crippen LogP contribution in [0.25, 0.3) is 0 Å². The Kier molecular flexibility index (Phi) is 6.50. The predicted octanol–water partition coefficient (Wildman–Crippen LogP) is 4.79. The lowest BCUT2D eigenvalue weighted by Gasteiger charge is -2.18. The molecule has 0 aromatic heterocycles. The Morgan fingerprint density at radius 1 is 1.15 bits per heavy atom. The molecular formula is C20H19BrClNO3S. The highest BCUT2D eigenvalue weighted by Crippen LogP contribution is 2.52. The van der Waals surface area contributed by atoms with Crippen LogP contribution in [0.5, 0.6) is 0 Å². The van der Waals surface area contributed by atoms with Crippen LogP contribution < -0.4 is 5.32 Å². The Labute approximate surface area is 175 Å². The Hall–Kier alpha value is -1.50. The maximum Gasteiger partial charge on any atom is 0.308 e. The number of nitrogens with one attached hydrogen (secondary N) is 1. The van der Waals surface area contributed by atoms with Gasteiger partial charge in [0, 0.05) is 20.9 Å². The van der Waals surface area contributed by atoms with E-state index in [4.69, 9.17) is 11.6 Å². The number of carbonyl (C=O) groups is 2. The zero-order valence-corrected chi connectivity index (χ0v) is 17.6. The van der Waals surface area contributed by atoms with Gasteiger partial charge in [0.25, 0.3) is 0 Å². The SMILES string of the molecule is O=C(O)C(CNC(=O)C1(Sc2ccc(Br)cc2)CC1)Cc1ccc(Cl)cc1. The van der Waals surface area contributed by atoms with Crippen LogP contribution in [0.1, 0.15) is 18.4 Å². The number of carboxylic acid groups (broad SMARTS) is 1. The molecule has 0 bridgehead atoms. The van der Waals surface area contributed by atoms with Crippen molar-refractivity contribution < 1.29 is 14.7 Å². The molecule has 1 unspecified atom stereocenters. The van der Waals surface area contributed by atoms with Gasteiger partial charge in [0.05, 0.1) is 10.7 Å². The van der Waals surface area contributed by atoms with Gasteiger partial charge in [0.15, 0.2) is 0 Å². The lowest BCUT2D eigenvalue weighted by molar-refractivity contribution is -0.141. The van der Waals surface area contributed by atoms with E-state index in [1.807, 2.05) is 36.4 Å². The van der Waals surface area contributed by atoms with Gasteiger partial charge in [-0.15, -0.1) is 11.8 Å². The molecule has 0 radical (unpaired) electrons. The molecule has 1 saturated carbocycles. The zero-order valence-electron chi connectivity index (χ0n) is 14.5. The molecule has 0 spiro atoms. The second-order valence-corrected chi connectivity index (χ2v) is 9.44. The van der Waals surface area contributed by atoms with Crippen LogP contribution in [0.2, 0.25) is 5.02 Å². The van der Waals surface area contributed by atoms with E-state index >= 15 is 0 Å². The molecule has 4 nitrogen and oxygen atoms in total. The first-order chi connectivity index (χ1) is 12.9. The molecule has 1 amide bonds. The number of hydrogen-bond donors (Lipinski definition) is 2. The number of carboxylic acids is 1. The van der Waals surface area contributed by atoms with Gasteiger partial charge in [-0.25, -0.2) is 0 Å². The van der Waals surface area contributed by atoms with Gasteiger partial charge < -0.3 is 10.4 Å². The monoisotopic (exact) mass is 467 g/mol. The van der Waals surface area contributed by atoms with E-state index in [1.54, 1.807) is 23.9 Å². The normalized spacial score (nSPS) is 15.8. The third-order valence-electron chi connectivity index (χ3n) is 4.50. The maximum absolute atomic E-state index is 12.7. The van der Waals surface area contributed by atoms with Gasteiger partial charge in [-0.2, -0.15) is 0 Å². The van der Waals surface area contributed by atoms with Crippen LogP contribution in [0.3, 0.4) is 0 Å². The molecule has 7 heteroatoms. The molecule has 2 aromatic rings. The Bertz CT molecular complexity index is 822. The topological polar surface area (TPSA) is 66.4 Å². The standard InChI is InChI=1S/C20H19BrClNO3S/c21-15-3-7-17(8-4-15)27-20(9-10-20)19(26)23-12-14(18(24)25)11-13-1-5-16(22)6-2-13/h1-8,14H,9-12H2,(H,23,26)(H,24,25). The third-order valence-corrected chi connectivity index (χ3v) is 6.77. The van der Waals surface area contributed by atoms with E-state index in [9.17, 15) is 14.7 Å². The fraction of sp³-hybridized carbons (Fsp3) is 0.300. The van der Waals surface area contributed by atoms with E-state index < -0.39 is 16.6 Å². The molecule has 1 atom stereocenters. The number of amides is 1. The fourth-order valence-corrected chi connectivity index (χ4v) is 4.33. The molecule has 27 heavy (non-hydrogen) atoms. The number of halogens is 2. The lowest BCUT2D eigenvalue weighted by atomic mass is 9.99. The van der Waals surface area contributed by atoms with Crippen molar-refractivity contribution in [3.63, 3.8) is 0 Å². The zero-order chi connectivity index (χ0) is 19.4. The number of benzene rings is 2. The summed E-state index contributed by atoms with van der Waals surface area (Å²) >= 11 is 10.8. The minimum absolute atomic E-state index is 0.0854. The quantitative estimate of drug-likeness (QED) is 0.585. The van der Waals surface area contributed by atoms with Crippen LogP contribution in [0.15, 0.2) is 57.9 Å². The number of thioether (sulfide) groups is 1. The number of rotatable bonds is 8. The van der Waals surface area contributed by atoms with Gasteiger partial charge in [0.2, 0.25) is 5.91 Å². The Balaban J connectivity index is 1.58. The summed E-state index contributed by atoms with van der Waals surface area (Å²) in [6.07, 6.45) is 1.95. The van der Waals surface area contributed by atoms with Crippen LogP contribution in [-0.4, -0.2) is 28.3 Å². The summed E-state index contributed by atoms with van der Waals surface area (Å²) in [5.41, 5.74) is 0.881. The van der Waals surface area contributed by atoms with Gasteiger partial charge in [-0.1, -0.05) is 39.7 Å². The van der Waals surface area contributed by atoms with E-state index in [2.05, 4.69) is 21.2 Å². The van der Waals surface area contributed by atoms with Gasteiger partial charge in [0.1, 0.15) is 0 Å². The predicted molar refractivity (Wildman–Crippen MR) is 111 cm³/mol. The first-order valence-electron chi connectivity index (χ1n) is 8.58. The van der Waals surface area contributed by atoms with Crippen molar-refractivity contribution in [3.05, 3.63) is 63.6 Å². The molecule has 3 rings (SSSR count). The Morgan fingerprint density at radius 3 is 2.33 bits per heavy atom. The minimum atomic E-state index is -0.921. The molecule has 2 aromatic carbocycles. The minimum Gasteiger partial charge on any atom is -0.481 e. The van der Waals surface area contributed by atoms with Crippen molar-refractivity contribution in [2.75, 3.05) is 6.54 Å². The van der Waals surface area contributed by atoms with Crippen molar-refractivity contribution in [3.8, 4) is 0 Å². The number of carbonyl (C=O) groups excluding carboxylic acids is 1. The molecular weight excluding hydrogens is 450 g/mol. The van der Waals surface area contributed by atoms with E-state index in [0.717, 1.165) is 27.8 Å². The summed E-state index contributed by atoms with van der Waals surface area (Å²) in [7, 11) is 0. The van der Waals surface area contributed by atoms with Crippen LogP contribution >= 0.6 is 39.3 Å². The van der Waals surface area contributed by atoms with Gasteiger partial charge in [-0.3, -0.25) is 9.59 Å². The molecule has 1 aliphatic carbocycles. The highest BCUT2D eigenvalue weighted by molar-refractivity contribution is 9.10. The molecule has 142 valence electrons. The molecule has 0 heterocycles. The maximum atomic E-state index is 12.7. The molecule has 1 fully saturated rings. The van der Waals surface area contributed by atoms with Crippen LogP contribution in [0, 0.1) is 5.92 Å². The van der Waals surface area contributed by atoms with Gasteiger partial charge in [-0.05, 0) is 61.2 Å². The first kappa shape index (κ1) is 20.2. The largest absolute Gasteiger partial charge is 0.481 e. The van der Waals surface area contributed by atoms with Crippen LogP contribution in [0.4, 0.5) is 0 Å². The number of aliphatic carboxylic acids is 1. The third kappa shape index (κ3) is 5.50. The summed E-state index contributed by atoms with van der Waals surface area (Å²) in [6, 6.07) is 14.9. The highest BCUT2D eigenvalue weighted by Gasteiger charge is 2.51. The van der Waals surface area contributed by atoms with E-state index in [0.29, 0.717) is 11.4 Å². The molecule has 0 saturated heterocycles. The average Bonchev–Trinajstić information content (AvgIpc) is 3.42. The van der Waals surface area contributed by atoms with E-state index in [1.165, 1.54) is 0 Å². The average molecular weight is 469 g/mol. The lowest BCUT2D eigenvalue weighted by Crippen LogP contribution is -2.39. The second kappa shape index (κ2) is 8.67. The van der Waals surface area contributed by atoms with Crippen molar-refractivity contribution in [2.24, 2.45) is 5.92 Å². The summed E-state index contributed by atoms with van der Waals surface area (Å²) in [4.78, 5) is 25.3. The highest BCUT2D eigenvalue weighted by atomic mass is 79.9. The Morgan fingerprint density at radius 2 is 1.78 bits per heavy atom. The molecule has 0 aliphatic heterocycles. The summed E-state index contributed by atoms with van der Waals surface area (Å²) < 4.78 is 0.518. The number of hydrogen-bond acceptors (Lipinski definition) is 3. The summed E-state index contributed by atoms with van der Waals surface area (Å²) in [5, 5.41) is 13.0. The van der Waals surface area contributed by atoms with Crippen molar-refractivity contribution in [1.29, 1.82) is 0 Å². The van der Waals surface area contributed by atoms with Crippen LogP contribution in [-0.2, 0) is 16.0 Å². The first-order valence-corrected chi connectivity index (χ1v) is 10.6. The smallest absolute Gasteiger partial charge is 0.308 e. The van der Waals surface area contributed by atoms with Gasteiger partial charge >= 0.3 is 5.97 Å². The fourth-order valence-electron chi connectivity index (χ4n) is 2.75. The molecule has 2 N–H and O–H groups in total. The molecule has 1 aliphatic rings. The van der Waals surface area contributed by atoms with E-state index in [-0.39, 0.29) is 12.5 Å². The summed E-state index contributed by atoms with van der Waals surface area (Å²) in [5.74, 6) is -1.68. The second-order valence-electron chi connectivity index (χ2n) is 6.63. The van der Waals surface area contributed by atoms with Crippen molar-refractivity contribution >= 4 is 51.2 Å². The summed E-state index contributed by atoms with van der Waals surface area (Å²) in [6.45, 7) is 0.111. The van der Waals surface area contributed by atoms with Crippen molar-refractivity contribution in [1.82, 2.24) is 5.32 Å². The van der Waals surface area contributed by atoms with Crippen molar-refractivity contribution in [2.45, 2.75) is 28.9 Å².